The molecule has 0 saturated carbocycles. The van der Waals surface area contributed by atoms with Gasteiger partial charge in [0.25, 0.3) is 0 Å². The second kappa shape index (κ2) is 13.6. The van der Waals surface area contributed by atoms with E-state index in [1.54, 1.807) is 0 Å². The number of hydrogen-bond donors (Lipinski definition) is 0. The molecular weight excluding hydrogens is 436 g/mol. The maximum Gasteiger partial charge on any atom is 0.161 e. The summed E-state index contributed by atoms with van der Waals surface area (Å²) in [5.74, 6) is 1.55. The van der Waals surface area contributed by atoms with E-state index >= 15 is 0 Å². The Labute approximate surface area is 205 Å². The average Bonchev–Trinajstić information content (AvgIpc) is 2.79. The second-order valence-electron chi connectivity index (χ2n) is 9.77. The van der Waals surface area contributed by atoms with Gasteiger partial charge in [-0.15, -0.1) is 0 Å². The van der Waals surface area contributed by atoms with Crippen molar-refractivity contribution in [3.8, 4) is 11.5 Å². The van der Waals surface area contributed by atoms with Crippen LogP contribution in [-0.4, -0.2) is 113 Å². The topological polar surface area (TPSA) is 61.9 Å². The maximum absolute atomic E-state index is 6.37. The molecule has 8 nitrogen and oxygen atoms in total. The molecule has 8 heteroatoms. The van der Waals surface area contributed by atoms with Gasteiger partial charge in [0.05, 0.1) is 50.8 Å². The largest absolute Gasteiger partial charge is 0.488 e. The van der Waals surface area contributed by atoms with E-state index in [4.69, 9.17) is 28.4 Å². The summed E-state index contributed by atoms with van der Waals surface area (Å²) < 4.78 is 36.6. The fourth-order valence-corrected chi connectivity index (χ4v) is 3.85. The zero-order valence-corrected chi connectivity index (χ0v) is 21.6. The Kier molecular flexibility index (Phi) is 10.9. The molecule has 3 aliphatic heterocycles. The van der Waals surface area contributed by atoms with Crippen molar-refractivity contribution in [3.63, 3.8) is 0 Å². The molecule has 0 aliphatic carbocycles. The average molecular weight is 481 g/mol. The zero-order valence-electron chi connectivity index (χ0n) is 21.6. The monoisotopic (exact) mass is 480 g/mol. The highest BCUT2D eigenvalue weighted by atomic mass is 16.6. The van der Waals surface area contributed by atoms with Crippen LogP contribution in [0.25, 0.3) is 0 Å². The third-order valence-corrected chi connectivity index (χ3v) is 6.85. The molecule has 3 heterocycles. The molecule has 1 saturated heterocycles. The minimum atomic E-state index is -0.432. The first-order chi connectivity index (χ1) is 16.4. The SMILES string of the molecule is CC1(C)OCCN2CCOCCOCCN(CCOc3ccccc3OCC2)CCOC1(C)C. The van der Waals surface area contributed by atoms with Gasteiger partial charge in [-0.1, -0.05) is 12.1 Å². The van der Waals surface area contributed by atoms with Crippen molar-refractivity contribution < 1.29 is 28.4 Å². The molecule has 3 aliphatic rings. The van der Waals surface area contributed by atoms with Crippen molar-refractivity contribution in [1.82, 2.24) is 9.80 Å². The van der Waals surface area contributed by atoms with Gasteiger partial charge < -0.3 is 28.4 Å². The molecular formula is C26H44N2O6. The minimum absolute atomic E-state index is 0.432. The molecule has 1 aromatic rings. The quantitative estimate of drug-likeness (QED) is 0.562. The summed E-state index contributed by atoms with van der Waals surface area (Å²) in [5.41, 5.74) is -0.864. The van der Waals surface area contributed by atoms with Gasteiger partial charge in [0.2, 0.25) is 0 Å². The number of para-hydroxylation sites is 2. The van der Waals surface area contributed by atoms with E-state index in [0.717, 1.165) is 50.8 Å². The number of benzene rings is 1. The summed E-state index contributed by atoms with van der Waals surface area (Å²) in [7, 11) is 0. The van der Waals surface area contributed by atoms with Crippen LogP contribution in [0.1, 0.15) is 27.7 Å². The highest BCUT2D eigenvalue weighted by Gasteiger charge is 2.39. The first-order valence-corrected chi connectivity index (χ1v) is 12.6. The highest BCUT2D eigenvalue weighted by molar-refractivity contribution is 5.39. The Morgan fingerprint density at radius 3 is 1.35 bits per heavy atom. The van der Waals surface area contributed by atoms with Crippen LogP contribution in [0.3, 0.4) is 0 Å². The first kappa shape index (κ1) is 27.2. The third-order valence-electron chi connectivity index (χ3n) is 6.85. The van der Waals surface area contributed by atoms with Gasteiger partial charge in [-0.05, 0) is 39.8 Å². The van der Waals surface area contributed by atoms with E-state index in [2.05, 4.69) is 37.5 Å². The number of fused-ring (bicyclic) bond motifs is 18. The molecule has 0 aromatic heterocycles. The normalized spacial score (nSPS) is 28.0. The Morgan fingerprint density at radius 2 is 0.912 bits per heavy atom. The smallest absolute Gasteiger partial charge is 0.161 e. The Balaban J connectivity index is 1.79. The summed E-state index contributed by atoms with van der Waals surface area (Å²) in [6.45, 7) is 18.0. The van der Waals surface area contributed by atoms with Crippen LogP contribution in [0.4, 0.5) is 0 Å². The maximum atomic E-state index is 6.37. The van der Waals surface area contributed by atoms with Gasteiger partial charge >= 0.3 is 0 Å². The lowest BCUT2D eigenvalue weighted by Crippen LogP contribution is -2.51. The number of ether oxygens (including phenoxy) is 6. The van der Waals surface area contributed by atoms with Crippen LogP contribution < -0.4 is 9.47 Å². The molecule has 2 atom stereocenters. The fourth-order valence-electron chi connectivity index (χ4n) is 3.85. The molecule has 2 bridgehead atoms. The van der Waals surface area contributed by atoms with Gasteiger partial charge in [-0.25, -0.2) is 0 Å². The number of hydrogen-bond acceptors (Lipinski definition) is 8. The molecule has 194 valence electrons. The van der Waals surface area contributed by atoms with Crippen LogP contribution in [-0.2, 0) is 18.9 Å². The Morgan fingerprint density at radius 1 is 0.529 bits per heavy atom. The van der Waals surface area contributed by atoms with E-state index in [-0.39, 0.29) is 0 Å². The van der Waals surface area contributed by atoms with E-state index in [9.17, 15) is 0 Å². The van der Waals surface area contributed by atoms with Crippen LogP contribution in [0, 0.1) is 0 Å². The minimum Gasteiger partial charge on any atom is -0.488 e. The van der Waals surface area contributed by atoms with Crippen molar-refractivity contribution in [2.45, 2.75) is 38.9 Å². The van der Waals surface area contributed by atoms with E-state index < -0.39 is 11.2 Å². The molecule has 1 fully saturated rings. The van der Waals surface area contributed by atoms with Crippen LogP contribution >= 0.6 is 0 Å². The number of rotatable bonds is 0. The van der Waals surface area contributed by atoms with E-state index in [1.165, 1.54) is 0 Å². The van der Waals surface area contributed by atoms with Crippen LogP contribution in [0.2, 0.25) is 0 Å². The predicted molar refractivity (Wildman–Crippen MR) is 132 cm³/mol. The lowest BCUT2D eigenvalue weighted by Gasteiger charge is -2.42. The standard InChI is InChI=1S/C26H44N2O6/c1-25(2)26(3,4)34-20-14-28-10-16-30-22-21-29-15-9-27(13-19-33-25)11-17-31-23-7-5-6-8-24(23)32-18-12-28/h5-8H,9-22H2,1-4H3. The van der Waals surface area contributed by atoms with Crippen LogP contribution in [0.15, 0.2) is 24.3 Å². The zero-order chi connectivity index (χ0) is 24.3. The Hall–Kier alpha value is -1.42. The molecule has 0 spiro atoms. The summed E-state index contributed by atoms with van der Waals surface area (Å²) in [6, 6.07) is 7.88. The number of nitrogens with zero attached hydrogens (tertiary/aromatic N) is 2. The van der Waals surface area contributed by atoms with Gasteiger partial charge in [0, 0.05) is 39.3 Å². The van der Waals surface area contributed by atoms with Crippen molar-refractivity contribution >= 4 is 0 Å². The van der Waals surface area contributed by atoms with Crippen molar-refractivity contribution in [1.29, 1.82) is 0 Å². The van der Waals surface area contributed by atoms with Gasteiger partial charge in [-0.3, -0.25) is 9.80 Å². The van der Waals surface area contributed by atoms with Crippen molar-refractivity contribution in [2.24, 2.45) is 0 Å². The molecule has 2 unspecified atom stereocenters. The van der Waals surface area contributed by atoms with Gasteiger partial charge in [0.1, 0.15) is 13.2 Å². The summed E-state index contributed by atoms with van der Waals surface area (Å²) in [4.78, 5) is 4.64. The molecule has 0 N–H and O–H groups in total. The van der Waals surface area contributed by atoms with Gasteiger partial charge in [0.15, 0.2) is 11.5 Å². The predicted octanol–water partition coefficient (Wildman–Crippen LogP) is 2.70. The molecule has 34 heavy (non-hydrogen) atoms. The molecule has 0 amide bonds. The van der Waals surface area contributed by atoms with Crippen molar-refractivity contribution in [3.05, 3.63) is 24.3 Å². The molecule has 0 radical (unpaired) electrons. The van der Waals surface area contributed by atoms with E-state index in [0.29, 0.717) is 52.9 Å². The molecule has 1 aromatic carbocycles. The first-order valence-electron chi connectivity index (χ1n) is 12.6. The fraction of sp³-hybridized carbons (Fsp3) is 0.769. The lowest BCUT2D eigenvalue weighted by molar-refractivity contribution is -0.179. The van der Waals surface area contributed by atoms with Crippen LogP contribution in [0.5, 0.6) is 11.5 Å². The lowest BCUT2D eigenvalue weighted by atomic mass is 9.89. The van der Waals surface area contributed by atoms with Crippen molar-refractivity contribution in [2.75, 3.05) is 92.1 Å². The van der Waals surface area contributed by atoms with E-state index in [1.807, 2.05) is 24.3 Å². The highest BCUT2D eigenvalue weighted by Crippen LogP contribution is 2.29. The second-order valence-corrected chi connectivity index (χ2v) is 9.77. The summed E-state index contributed by atoms with van der Waals surface area (Å²) in [5, 5.41) is 0. The molecule has 4 rings (SSSR count). The Bertz CT molecular complexity index is 655. The van der Waals surface area contributed by atoms with Gasteiger partial charge in [-0.2, -0.15) is 0 Å². The third kappa shape index (κ3) is 8.66. The summed E-state index contributed by atoms with van der Waals surface area (Å²) >= 11 is 0. The summed E-state index contributed by atoms with van der Waals surface area (Å²) in [6.07, 6.45) is 0.